The average molecular weight is 344 g/mol. The monoisotopic (exact) mass is 343 g/mol. The van der Waals surface area contributed by atoms with Crippen molar-refractivity contribution in [3.05, 3.63) is 89.0 Å². The Balaban J connectivity index is 2.11. The van der Waals surface area contributed by atoms with E-state index in [0.29, 0.717) is 0 Å². The molecule has 26 heavy (non-hydrogen) atoms. The van der Waals surface area contributed by atoms with Crippen LogP contribution in [0, 0.1) is 20.8 Å². The van der Waals surface area contributed by atoms with E-state index in [9.17, 15) is 0 Å². The van der Waals surface area contributed by atoms with E-state index >= 15 is 0 Å². The summed E-state index contributed by atoms with van der Waals surface area (Å²) in [5.41, 5.74) is 8.98. The van der Waals surface area contributed by atoms with Crippen LogP contribution in [0.4, 0.5) is 17.1 Å². The fourth-order valence-corrected chi connectivity index (χ4v) is 3.12. The number of hydrogen-bond acceptors (Lipinski definition) is 1. The first-order chi connectivity index (χ1) is 12.3. The zero-order valence-electron chi connectivity index (χ0n) is 16.8. The van der Waals surface area contributed by atoms with E-state index in [4.69, 9.17) is 0 Å². The second kappa shape index (κ2) is 6.99. The summed E-state index contributed by atoms with van der Waals surface area (Å²) >= 11 is 0. The summed E-state index contributed by atoms with van der Waals surface area (Å²) in [6, 6.07) is 24.4. The van der Waals surface area contributed by atoms with Crippen molar-refractivity contribution in [2.75, 3.05) is 4.90 Å². The van der Waals surface area contributed by atoms with Gasteiger partial charge in [0.1, 0.15) is 0 Å². The molecule has 0 radical (unpaired) electrons. The van der Waals surface area contributed by atoms with Gasteiger partial charge in [-0.2, -0.15) is 0 Å². The molecular weight excluding hydrogens is 314 g/mol. The molecular formula is C25H29N. The quantitative estimate of drug-likeness (QED) is 0.479. The lowest BCUT2D eigenvalue weighted by atomic mass is 9.87. The molecule has 3 aromatic carbocycles. The second-order valence-electron chi connectivity index (χ2n) is 8.24. The highest BCUT2D eigenvalue weighted by Gasteiger charge is 2.16. The first-order valence-corrected chi connectivity index (χ1v) is 9.30. The minimum absolute atomic E-state index is 0.160. The zero-order chi connectivity index (χ0) is 18.9. The topological polar surface area (TPSA) is 3.24 Å². The van der Waals surface area contributed by atoms with Gasteiger partial charge in [0.05, 0.1) is 0 Å². The molecule has 0 spiro atoms. The van der Waals surface area contributed by atoms with Crippen molar-refractivity contribution in [2.45, 2.75) is 47.0 Å². The van der Waals surface area contributed by atoms with Gasteiger partial charge in [-0.3, -0.25) is 0 Å². The first kappa shape index (κ1) is 18.3. The summed E-state index contributed by atoms with van der Waals surface area (Å²) in [4.78, 5) is 2.33. The summed E-state index contributed by atoms with van der Waals surface area (Å²) in [6.07, 6.45) is 0. The summed E-state index contributed by atoms with van der Waals surface area (Å²) in [5.74, 6) is 0. The van der Waals surface area contributed by atoms with Gasteiger partial charge in [0, 0.05) is 17.1 Å². The molecule has 0 aromatic heterocycles. The number of nitrogens with zero attached hydrogens (tertiary/aromatic N) is 1. The Bertz CT molecular complexity index is 881. The van der Waals surface area contributed by atoms with E-state index in [0.717, 1.165) is 0 Å². The van der Waals surface area contributed by atoms with Gasteiger partial charge in [0.15, 0.2) is 0 Å². The minimum Gasteiger partial charge on any atom is -0.310 e. The maximum atomic E-state index is 2.33. The van der Waals surface area contributed by atoms with Crippen molar-refractivity contribution in [2.24, 2.45) is 0 Å². The Hall–Kier alpha value is -2.54. The molecule has 0 aliphatic carbocycles. The van der Waals surface area contributed by atoms with Gasteiger partial charge < -0.3 is 4.90 Å². The number of anilines is 3. The molecule has 0 bridgehead atoms. The second-order valence-corrected chi connectivity index (χ2v) is 8.24. The van der Waals surface area contributed by atoms with Crippen molar-refractivity contribution in [1.82, 2.24) is 0 Å². The number of hydrogen-bond donors (Lipinski definition) is 0. The lowest BCUT2D eigenvalue weighted by Gasteiger charge is -2.27. The highest BCUT2D eigenvalue weighted by Crippen LogP contribution is 2.36. The summed E-state index contributed by atoms with van der Waals surface area (Å²) < 4.78 is 0. The van der Waals surface area contributed by atoms with Crippen LogP contribution in [-0.2, 0) is 5.41 Å². The average Bonchev–Trinajstić information content (AvgIpc) is 2.60. The summed E-state index contributed by atoms with van der Waals surface area (Å²) in [7, 11) is 0. The number of aryl methyl sites for hydroxylation is 3. The zero-order valence-corrected chi connectivity index (χ0v) is 16.8. The van der Waals surface area contributed by atoms with Crippen molar-refractivity contribution in [3.63, 3.8) is 0 Å². The molecule has 0 fully saturated rings. The van der Waals surface area contributed by atoms with Crippen LogP contribution < -0.4 is 4.90 Å². The molecule has 1 heteroatoms. The highest BCUT2D eigenvalue weighted by atomic mass is 15.1. The van der Waals surface area contributed by atoms with E-state index in [1.54, 1.807) is 0 Å². The molecule has 0 N–H and O–H groups in total. The first-order valence-electron chi connectivity index (χ1n) is 9.30. The van der Waals surface area contributed by atoms with E-state index < -0.39 is 0 Å². The molecule has 0 saturated carbocycles. The van der Waals surface area contributed by atoms with Crippen molar-refractivity contribution in [3.8, 4) is 0 Å². The molecule has 0 atom stereocenters. The minimum atomic E-state index is 0.160. The van der Waals surface area contributed by atoms with Crippen LogP contribution in [0.3, 0.4) is 0 Å². The molecule has 134 valence electrons. The van der Waals surface area contributed by atoms with Gasteiger partial charge in [-0.25, -0.2) is 0 Å². The lowest BCUT2D eigenvalue weighted by Crippen LogP contribution is -2.13. The molecule has 0 amide bonds. The van der Waals surface area contributed by atoms with Gasteiger partial charge in [0.25, 0.3) is 0 Å². The Kier molecular flexibility index (Phi) is 4.91. The molecule has 0 heterocycles. The Labute approximate surface area is 158 Å². The third-order valence-electron chi connectivity index (χ3n) is 5.03. The predicted molar refractivity (Wildman–Crippen MR) is 114 cm³/mol. The summed E-state index contributed by atoms with van der Waals surface area (Å²) in [6.45, 7) is 13.2. The van der Waals surface area contributed by atoms with Gasteiger partial charge in [-0.1, -0.05) is 56.7 Å². The smallest absolute Gasteiger partial charge is 0.0464 e. The highest BCUT2D eigenvalue weighted by molar-refractivity contribution is 5.77. The van der Waals surface area contributed by atoms with Crippen LogP contribution in [0.5, 0.6) is 0 Å². The molecule has 1 nitrogen and oxygen atoms in total. The Morgan fingerprint density at radius 1 is 0.577 bits per heavy atom. The predicted octanol–water partition coefficient (Wildman–Crippen LogP) is 7.38. The molecule has 0 aliphatic rings. The van der Waals surface area contributed by atoms with Crippen molar-refractivity contribution >= 4 is 17.1 Å². The van der Waals surface area contributed by atoms with Crippen LogP contribution >= 0.6 is 0 Å². The fourth-order valence-electron chi connectivity index (χ4n) is 3.12. The van der Waals surface area contributed by atoms with Gasteiger partial charge >= 0.3 is 0 Å². The maximum Gasteiger partial charge on any atom is 0.0464 e. The molecule has 3 aromatic rings. The molecule has 0 aliphatic heterocycles. The fraction of sp³-hybridized carbons (Fsp3) is 0.280. The molecule has 0 unspecified atom stereocenters. The van der Waals surface area contributed by atoms with Gasteiger partial charge in [0.2, 0.25) is 0 Å². The van der Waals surface area contributed by atoms with E-state index in [-0.39, 0.29) is 5.41 Å². The van der Waals surface area contributed by atoms with Crippen LogP contribution in [0.25, 0.3) is 0 Å². The standard InChI is InChI=1S/C25H29N/c1-18-7-12-22(13-8-18)26(24-14-9-19(2)20(3)17-24)23-15-10-21(11-16-23)25(4,5)6/h7-17H,1-6H3. The number of benzene rings is 3. The van der Waals surface area contributed by atoms with E-state index in [2.05, 4.69) is 113 Å². The van der Waals surface area contributed by atoms with Gasteiger partial charge in [-0.15, -0.1) is 0 Å². The van der Waals surface area contributed by atoms with Crippen molar-refractivity contribution < 1.29 is 0 Å². The van der Waals surface area contributed by atoms with E-state index in [1.165, 1.54) is 39.3 Å². The van der Waals surface area contributed by atoms with E-state index in [1.807, 2.05) is 0 Å². The van der Waals surface area contributed by atoms with Crippen LogP contribution in [0.2, 0.25) is 0 Å². The normalized spacial score (nSPS) is 11.5. The lowest BCUT2D eigenvalue weighted by molar-refractivity contribution is 0.590. The van der Waals surface area contributed by atoms with Crippen molar-refractivity contribution in [1.29, 1.82) is 0 Å². The maximum absolute atomic E-state index is 2.33. The molecule has 3 rings (SSSR count). The Morgan fingerprint density at radius 3 is 1.58 bits per heavy atom. The molecule has 0 saturated heterocycles. The number of rotatable bonds is 3. The Morgan fingerprint density at radius 2 is 1.08 bits per heavy atom. The summed E-state index contributed by atoms with van der Waals surface area (Å²) in [5, 5.41) is 0. The third kappa shape index (κ3) is 3.83. The SMILES string of the molecule is Cc1ccc(N(c2ccc(C(C)(C)C)cc2)c2ccc(C)c(C)c2)cc1. The largest absolute Gasteiger partial charge is 0.310 e. The van der Waals surface area contributed by atoms with Crippen LogP contribution in [0.1, 0.15) is 43.0 Å². The van der Waals surface area contributed by atoms with Gasteiger partial charge in [-0.05, 0) is 79.3 Å². The van der Waals surface area contributed by atoms with Crippen LogP contribution in [-0.4, -0.2) is 0 Å². The van der Waals surface area contributed by atoms with Crippen LogP contribution in [0.15, 0.2) is 66.7 Å². The third-order valence-corrected chi connectivity index (χ3v) is 5.03.